The Morgan fingerprint density at radius 1 is 1.44 bits per heavy atom. The van der Waals surface area contributed by atoms with E-state index in [9.17, 15) is 9.59 Å². The first-order valence-electron chi connectivity index (χ1n) is 8.15. The lowest BCUT2D eigenvalue weighted by molar-refractivity contribution is 0.0694. The number of nitrogens with zero attached hydrogens (tertiary/aromatic N) is 3. The maximum atomic E-state index is 12.1. The average molecular weight is 365 g/mol. The molecule has 0 atom stereocenters. The van der Waals surface area contributed by atoms with Gasteiger partial charge in [0.1, 0.15) is 17.7 Å². The number of thioether (sulfide) groups is 1. The molecule has 0 aromatic carbocycles. The summed E-state index contributed by atoms with van der Waals surface area (Å²) in [6, 6.07) is 1.31. The molecule has 1 aliphatic carbocycles. The zero-order valence-electron chi connectivity index (χ0n) is 14.9. The lowest BCUT2D eigenvalue weighted by atomic mass is 10.2. The SMILES string of the molecule is CCC.CSC1(COc2nncc3cc(C(=O)O)c(=O)n(C)c23)CC1. The van der Waals surface area contributed by atoms with Crippen LogP contribution in [0.25, 0.3) is 10.9 Å². The predicted molar refractivity (Wildman–Crippen MR) is 98.7 cm³/mol. The first-order chi connectivity index (χ1) is 11.9. The molecule has 136 valence electrons. The average Bonchev–Trinajstić information content (AvgIpc) is 3.37. The number of fused-ring (bicyclic) bond motifs is 1. The maximum Gasteiger partial charge on any atom is 0.341 e. The molecule has 2 aromatic rings. The number of aromatic carboxylic acids is 1. The molecule has 7 nitrogen and oxygen atoms in total. The fraction of sp³-hybridized carbons (Fsp3) is 0.529. The summed E-state index contributed by atoms with van der Waals surface area (Å²) in [5, 5.41) is 17.4. The fourth-order valence-electron chi connectivity index (χ4n) is 2.31. The van der Waals surface area contributed by atoms with Crippen molar-refractivity contribution >= 4 is 28.6 Å². The molecule has 3 rings (SSSR count). The van der Waals surface area contributed by atoms with Crippen LogP contribution in [0.5, 0.6) is 5.88 Å². The number of carboxylic acids is 1. The van der Waals surface area contributed by atoms with Crippen LogP contribution in [0.4, 0.5) is 0 Å². The van der Waals surface area contributed by atoms with Crippen molar-refractivity contribution in [2.24, 2.45) is 7.05 Å². The summed E-state index contributed by atoms with van der Waals surface area (Å²) < 4.78 is 7.15. The summed E-state index contributed by atoms with van der Waals surface area (Å²) in [6.07, 6.45) is 6.90. The molecule has 0 radical (unpaired) electrons. The molecule has 1 fully saturated rings. The lowest BCUT2D eigenvalue weighted by Gasteiger charge is -2.15. The number of aryl methyl sites for hydroxylation is 1. The molecule has 1 saturated carbocycles. The Morgan fingerprint density at radius 2 is 2.08 bits per heavy atom. The van der Waals surface area contributed by atoms with Crippen molar-refractivity contribution in [1.29, 1.82) is 0 Å². The minimum atomic E-state index is -1.26. The summed E-state index contributed by atoms with van der Waals surface area (Å²) in [4.78, 5) is 23.2. The molecular formula is C17H23N3O4S. The van der Waals surface area contributed by atoms with Gasteiger partial charge in [-0.15, -0.1) is 5.10 Å². The Bertz CT molecular complexity index is 830. The first kappa shape index (κ1) is 19.2. The van der Waals surface area contributed by atoms with E-state index in [1.807, 2.05) is 6.26 Å². The van der Waals surface area contributed by atoms with E-state index < -0.39 is 11.5 Å². The van der Waals surface area contributed by atoms with Crippen LogP contribution in [0.3, 0.4) is 0 Å². The molecule has 25 heavy (non-hydrogen) atoms. The van der Waals surface area contributed by atoms with Crippen molar-refractivity contribution in [2.75, 3.05) is 12.9 Å². The Kier molecular flexibility index (Phi) is 6.05. The van der Waals surface area contributed by atoms with Gasteiger partial charge in [0.2, 0.25) is 0 Å². The third kappa shape index (κ3) is 4.12. The van der Waals surface area contributed by atoms with E-state index >= 15 is 0 Å². The van der Waals surface area contributed by atoms with Crippen LogP contribution < -0.4 is 10.3 Å². The third-order valence-corrected chi connectivity index (χ3v) is 5.33. The maximum absolute atomic E-state index is 12.1. The van der Waals surface area contributed by atoms with Crippen LogP contribution in [0.2, 0.25) is 0 Å². The molecule has 8 heteroatoms. The van der Waals surface area contributed by atoms with Crippen LogP contribution in [0.1, 0.15) is 43.5 Å². The molecule has 1 aliphatic rings. The van der Waals surface area contributed by atoms with Gasteiger partial charge in [-0.1, -0.05) is 20.3 Å². The first-order valence-corrected chi connectivity index (χ1v) is 9.38. The molecule has 0 bridgehead atoms. The third-order valence-electron chi connectivity index (χ3n) is 3.93. The topological polar surface area (TPSA) is 94.3 Å². The normalized spacial score (nSPS) is 14.6. The Morgan fingerprint density at radius 3 is 2.60 bits per heavy atom. The summed E-state index contributed by atoms with van der Waals surface area (Å²) in [5.74, 6) is -1.00. The summed E-state index contributed by atoms with van der Waals surface area (Å²) in [5.41, 5.74) is -0.428. The van der Waals surface area contributed by atoms with Gasteiger partial charge >= 0.3 is 5.97 Å². The Balaban J connectivity index is 0.000000701. The van der Waals surface area contributed by atoms with E-state index in [4.69, 9.17) is 9.84 Å². The largest absolute Gasteiger partial charge is 0.477 e. The van der Waals surface area contributed by atoms with Gasteiger partial charge in [-0.3, -0.25) is 4.79 Å². The van der Waals surface area contributed by atoms with Crippen molar-refractivity contribution in [3.63, 3.8) is 0 Å². The second kappa shape index (κ2) is 7.86. The van der Waals surface area contributed by atoms with Crippen molar-refractivity contribution in [2.45, 2.75) is 37.9 Å². The van der Waals surface area contributed by atoms with Crippen LogP contribution in [-0.4, -0.2) is 43.4 Å². The number of hydrogen-bond acceptors (Lipinski definition) is 6. The van der Waals surface area contributed by atoms with Gasteiger partial charge in [-0.25, -0.2) is 4.79 Å². The smallest absolute Gasteiger partial charge is 0.341 e. The van der Waals surface area contributed by atoms with Crippen molar-refractivity contribution in [3.8, 4) is 5.88 Å². The lowest BCUT2D eigenvalue weighted by Crippen LogP contribution is -2.25. The highest BCUT2D eigenvalue weighted by Gasteiger charge is 2.43. The van der Waals surface area contributed by atoms with Crippen LogP contribution >= 0.6 is 11.8 Å². The predicted octanol–water partition coefficient (Wildman–Crippen LogP) is 2.72. The fourth-order valence-corrected chi connectivity index (χ4v) is 3.00. The number of hydrogen-bond donors (Lipinski definition) is 1. The molecular weight excluding hydrogens is 342 g/mol. The number of carbonyl (C=O) groups is 1. The van der Waals surface area contributed by atoms with Crippen LogP contribution in [-0.2, 0) is 7.05 Å². The molecule has 1 N–H and O–H groups in total. The molecule has 0 amide bonds. The summed E-state index contributed by atoms with van der Waals surface area (Å²) in [7, 11) is 1.51. The standard InChI is InChI=1S/C14H15N3O4S.C3H8/c1-17-10-8(5-9(12(17)18)13(19)20)6-15-16-11(10)21-7-14(22-2)3-4-14;1-3-2/h5-6H,3-4,7H2,1-2H3,(H,19,20);3H2,1-2H3. The van der Waals surface area contributed by atoms with Gasteiger partial charge < -0.3 is 14.4 Å². The Labute approximate surface area is 150 Å². The minimum Gasteiger partial charge on any atom is -0.477 e. The quantitative estimate of drug-likeness (QED) is 0.870. The van der Waals surface area contributed by atoms with Gasteiger partial charge in [-0.05, 0) is 25.2 Å². The zero-order chi connectivity index (χ0) is 18.6. The van der Waals surface area contributed by atoms with Crippen molar-refractivity contribution in [3.05, 3.63) is 28.2 Å². The van der Waals surface area contributed by atoms with E-state index in [-0.39, 0.29) is 16.2 Å². The van der Waals surface area contributed by atoms with Gasteiger partial charge in [0.15, 0.2) is 0 Å². The molecule has 0 spiro atoms. The highest BCUT2D eigenvalue weighted by molar-refractivity contribution is 8.00. The second-order valence-electron chi connectivity index (χ2n) is 6.06. The van der Waals surface area contributed by atoms with E-state index in [0.29, 0.717) is 17.5 Å². The monoisotopic (exact) mass is 365 g/mol. The van der Waals surface area contributed by atoms with Gasteiger partial charge in [0.05, 0.1) is 6.20 Å². The van der Waals surface area contributed by atoms with E-state index in [0.717, 1.165) is 12.8 Å². The van der Waals surface area contributed by atoms with E-state index in [2.05, 4.69) is 24.0 Å². The highest BCUT2D eigenvalue weighted by atomic mass is 32.2. The zero-order valence-corrected chi connectivity index (χ0v) is 15.7. The minimum absolute atomic E-state index is 0.129. The van der Waals surface area contributed by atoms with Crippen LogP contribution in [0, 0.1) is 0 Å². The van der Waals surface area contributed by atoms with Crippen molar-refractivity contribution in [1.82, 2.24) is 14.8 Å². The van der Waals surface area contributed by atoms with Crippen molar-refractivity contribution < 1.29 is 14.6 Å². The highest BCUT2D eigenvalue weighted by Crippen LogP contribution is 2.47. The van der Waals surface area contributed by atoms with Crippen LogP contribution in [0.15, 0.2) is 17.1 Å². The summed E-state index contributed by atoms with van der Waals surface area (Å²) >= 11 is 1.76. The van der Waals surface area contributed by atoms with Gasteiger partial charge in [0.25, 0.3) is 11.4 Å². The molecule has 2 aromatic heterocycles. The molecule has 2 heterocycles. The summed E-state index contributed by atoms with van der Waals surface area (Å²) in [6.45, 7) is 4.75. The molecule has 0 aliphatic heterocycles. The van der Waals surface area contributed by atoms with E-state index in [1.54, 1.807) is 11.8 Å². The van der Waals surface area contributed by atoms with Gasteiger partial charge in [-0.2, -0.15) is 16.9 Å². The Hall–Kier alpha value is -2.09. The van der Waals surface area contributed by atoms with Gasteiger partial charge in [0, 0.05) is 17.2 Å². The number of pyridine rings is 1. The number of ether oxygens (including phenoxy) is 1. The molecule has 0 saturated heterocycles. The molecule has 0 unspecified atom stereocenters. The number of aromatic nitrogens is 3. The second-order valence-corrected chi connectivity index (χ2v) is 7.34. The number of rotatable bonds is 5. The van der Waals surface area contributed by atoms with E-state index in [1.165, 1.54) is 30.3 Å². The number of carboxylic acid groups (broad SMARTS) is 1.